The van der Waals surface area contributed by atoms with Crippen LogP contribution in [0.1, 0.15) is 318 Å². The van der Waals surface area contributed by atoms with Crippen LogP contribution in [0.4, 0.5) is 0 Å². The normalized spacial score (nSPS) is 16.1. The first-order chi connectivity index (χ1) is 52.3. The van der Waals surface area contributed by atoms with Gasteiger partial charge in [-0.3, -0.25) is 9.59 Å². The maximum absolute atomic E-state index is 14.7. The second-order valence-electron chi connectivity index (χ2n) is 30.6. The van der Waals surface area contributed by atoms with Gasteiger partial charge in [0.15, 0.2) is 17.3 Å². The number of halogens is 2. The quantitative estimate of drug-likeness (QED) is 0.0127. The molecule has 13 rings (SSSR count). The van der Waals surface area contributed by atoms with Gasteiger partial charge in [-0.05, 0) is 156 Å². The summed E-state index contributed by atoms with van der Waals surface area (Å²) < 4.78 is 17.5. The summed E-state index contributed by atoms with van der Waals surface area (Å²) in [4.78, 5) is 44.1. The van der Waals surface area contributed by atoms with E-state index in [1.54, 1.807) is 23.5 Å². The molecule has 7 nitrogen and oxygen atoms in total. The second-order valence-corrected chi connectivity index (χ2v) is 35.7. The van der Waals surface area contributed by atoms with Gasteiger partial charge in [0, 0.05) is 79.7 Å². The van der Waals surface area contributed by atoms with Gasteiger partial charge in [0.1, 0.15) is 11.5 Å². The fraction of sp³-hybridized carbons (Fsp3) is 0.457. The monoisotopic (exact) mass is 1540 g/mol. The van der Waals surface area contributed by atoms with E-state index in [1.165, 1.54) is 139 Å². The topological polar surface area (TPSA) is 85.1 Å². The average Bonchev–Trinajstić information content (AvgIpc) is 1.53. The maximum atomic E-state index is 14.7. The molecule has 0 spiro atoms. The van der Waals surface area contributed by atoms with Crippen LogP contribution in [0.5, 0.6) is 11.5 Å². The van der Waals surface area contributed by atoms with Crippen LogP contribution in [0.15, 0.2) is 95.3 Å². The summed E-state index contributed by atoms with van der Waals surface area (Å²) in [6.45, 7) is 33.2. The molecule has 0 bridgehead atoms. The van der Waals surface area contributed by atoms with E-state index >= 15 is 0 Å². The van der Waals surface area contributed by atoms with Gasteiger partial charge in [-0.1, -0.05) is 256 Å². The highest BCUT2D eigenvalue weighted by Crippen LogP contribution is 2.66. The van der Waals surface area contributed by atoms with Crippen molar-refractivity contribution >= 4 is 145 Å². The molecule has 5 aromatic carbocycles. The van der Waals surface area contributed by atoms with E-state index in [1.807, 2.05) is 71.3 Å². The van der Waals surface area contributed by atoms with Crippen LogP contribution >= 0.6 is 68.5 Å². The Hall–Kier alpha value is -7.11. The van der Waals surface area contributed by atoms with Gasteiger partial charge < -0.3 is 9.47 Å². The largest absolute Gasteiger partial charge is 0.491 e. The van der Waals surface area contributed by atoms with E-state index in [4.69, 9.17) is 45.8 Å². The zero-order chi connectivity index (χ0) is 74.9. The molecule has 0 unspecified atom stereocenters. The molecule has 4 aromatic heterocycles. The number of hydrogen-bond acceptors (Lipinski definition) is 9. The molecular formula is C94H103Cl2N3O4S4. The molecule has 4 heterocycles. The first-order valence-corrected chi connectivity index (χ1v) is 44.6. The number of Topliss-reactive ketones (excluding diaryl/α,β-unsaturated/α-hetero) is 2. The molecule has 9 aromatic rings. The lowest BCUT2D eigenvalue weighted by Gasteiger charge is -2.32. The second kappa shape index (κ2) is 35.3. The minimum atomic E-state index is -0.339. The number of fused-ring (bicyclic) bond motifs is 14. The van der Waals surface area contributed by atoms with Gasteiger partial charge >= 0.3 is 0 Å². The number of hydrogen-bond donors (Lipinski definition) is 0. The smallest absolute Gasteiger partial charge is 0.270 e. The molecule has 107 heavy (non-hydrogen) atoms. The van der Waals surface area contributed by atoms with Gasteiger partial charge in [0.25, 0.3) is 5.70 Å². The molecule has 0 radical (unpaired) electrons. The van der Waals surface area contributed by atoms with Crippen LogP contribution in [0.3, 0.4) is 0 Å². The highest BCUT2D eigenvalue weighted by Gasteiger charge is 2.49. The van der Waals surface area contributed by atoms with Crippen molar-refractivity contribution in [2.45, 2.75) is 265 Å². The van der Waals surface area contributed by atoms with E-state index < -0.39 is 0 Å². The fourth-order valence-electron chi connectivity index (χ4n) is 18.0. The molecule has 0 fully saturated rings. The maximum Gasteiger partial charge on any atom is 0.270 e. The Morgan fingerprint density at radius 2 is 0.841 bits per heavy atom. The third-order valence-corrected chi connectivity index (χ3v) is 29.1. The average molecular weight is 1540 g/mol. The molecule has 0 atom stereocenters. The summed E-state index contributed by atoms with van der Waals surface area (Å²) in [6, 6.07) is 28.0. The summed E-state index contributed by atoms with van der Waals surface area (Å²) in [5.41, 5.74) is 9.71. The highest BCUT2D eigenvalue weighted by atomic mass is 35.5. The molecule has 0 saturated heterocycles. The first-order valence-electron chi connectivity index (χ1n) is 40.5. The summed E-state index contributed by atoms with van der Waals surface area (Å²) >= 11 is 20.6. The molecule has 4 aliphatic carbocycles. The van der Waals surface area contributed by atoms with E-state index in [-0.39, 0.29) is 38.1 Å². The third-order valence-electron chi connectivity index (χ3n) is 23.4. The lowest BCUT2D eigenvalue weighted by molar-refractivity contribution is 0.103. The molecule has 556 valence electrons. The number of nitriles is 1. The van der Waals surface area contributed by atoms with Crippen LogP contribution in [-0.2, 0) is 10.8 Å². The van der Waals surface area contributed by atoms with Gasteiger partial charge in [-0.15, -0.1) is 45.3 Å². The van der Waals surface area contributed by atoms with Gasteiger partial charge in [0.05, 0.1) is 61.6 Å². The Labute approximate surface area is 661 Å². The Morgan fingerprint density at radius 3 is 1.26 bits per heavy atom. The molecule has 0 amide bonds. The zero-order valence-corrected chi connectivity index (χ0v) is 68.8. The molecule has 0 N–H and O–H groups in total. The van der Waals surface area contributed by atoms with E-state index in [0.29, 0.717) is 52.3 Å². The van der Waals surface area contributed by atoms with Crippen molar-refractivity contribution in [3.8, 4) is 37.1 Å². The van der Waals surface area contributed by atoms with Gasteiger partial charge in [-0.25, -0.2) is 15.0 Å². The fourth-order valence-corrected chi connectivity index (χ4v) is 23.8. The van der Waals surface area contributed by atoms with E-state index in [0.717, 1.165) is 182 Å². The van der Waals surface area contributed by atoms with Gasteiger partial charge in [0.2, 0.25) is 0 Å². The van der Waals surface area contributed by atoms with Crippen LogP contribution < -0.4 is 9.47 Å². The van der Waals surface area contributed by atoms with Gasteiger partial charge in [-0.2, -0.15) is 0 Å². The van der Waals surface area contributed by atoms with Crippen molar-refractivity contribution in [3.63, 3.8) is 0 Å². The number of ether oxygens (including phenoxy) is 2. The SMILES string of the molecule is [C-]#[N+]C(C)=C1/C(=C/c2cc3c(s2)-c2sc4c(OCCCCCCCC)c5cc6cc7c8c(sc7c(OCCCCCCCC)c6cc5cc4c2C3(CCCCCC)CCCCCC)-c2sc(/C=C3\C(=O)c4cc(Cl)c(Cl)cc4\C3=C(\C#N)[N+]#[C-])cc2C8(CCCCCC)CCCCCC)C(=O)c2ccccc21. The highest BCUT2D eigenvalue weighted by molar-refractivity contribution is 7.28. The summed E-state index contributed by atoms with van der Waals surface area (Å²) in [5.74, 6) is 1.67. The number of carbonyl (C=O) groups excluding carboxylic acids is 2. The summed E-state index contributed by atoms with van der Waals surface area (Å²) in [7, 11) is 0. The Kier molecular flexibility index (Phi) is 25.7. The predicted molar refractivity (Wildman–Crippen MR) is 459 cm³/mol. The van der Waals surface area contributed by atoms with Crippen molar-refractivity contribution < 1.29 is 19.1 Å². The Morgan fingerprint density at radius 1 is 0.458 bits per heavy atom. The lowest BCUT2D eigenvalue weighted by Crippen LogP contribution is -2.25. The molecule has 13 heteroatoms. The number of benzene rings is 5. The predicted octanol–water partition coefficient (Wildman–Crippen LogP) is 31.1. The number of carbonyl (C=O) groups is 2. The first kappa shape index (κ1) is 78.0. The number of unbranched alkanes of at least 4 members (excludes halogenated alkanes) is 22. The summed E-state index contributed by atoms with van der Waals surface area (Å²) in [6.07, 6.45) is 40.3. The number of thiophene rings is 4. The molecule has 4 aliphatic rings. The number of nitrogens with zero attached hydrogens (tertiary/aromatic N) is 3. The number of rotatable bonds is 38. The standard InChI is InChI=1S/C94H103Cl2N3O4S4/c1-10-16-22-28-30-38-46-102-85-66-49-61-51-73-82-92(90-75(94(82,44-36-26-20-14-5)45-37-27-21-15-6)55-63(105-90)53-71-80(78(58-97)99-9)68-56-76(95)77(96)57-69(68)84(71)101)107-88(73)86(103-47-39-31-29-23-17-11-2)67(61)48-60(66)50-72-81-91(106-87(72)85)89-74(93(81,42-34-24-18-12-3)43-35-25-19-13-4)54-62(104-89)52-70-79(59(7)98-8)64-40-32-33-41-65(64)83(70)100/h32-33,40-41,48-57H,10-31,34-39,42-47H2,1-7H3/b70-52-,71-53-,79-59?,80-78+. The van der Waals surface area contributed by atoms with E-state index in [9.17, 15) is 14.9 Å². The third kappa shape index (κ3) is 15.1. The number of ketones is 2. The molecule has 0 aliphatic heterocycles. The van der Waals surface area contributed by atoms with Crippen LogP contribution in [0.2, 0.25) is 10.0 Å². The van der Waals surface area contributed by atoms with Crippen molar-refractivity contribution in [1.82, 2.24) is 0 Å². The van der Waals surface area contributed by atoms with Crippen LogP contribution in [0, 0.1) is 24.5 Å². The van der Waals surface area contributed by atoms with Crippen LogP contribution in [-0.4, -0.2) is 24.8 Å². The van der Waals surface area contributed by atoms with Crippen molar-refractivity contribution in [3.05, 3.63) is 182 Å². The minimum Gasteiger partial charge on any atom is -0.491 e. The van der Waals surface area contributed by atoms with Crippen molar-refractivity contribution in [1.29, 1.82) is 5.26 Å². The Balaban J connectivity index is 1.05. The Bertz CT molecular complexity index is 5100. The van der Waals surface area contributed by atoms with Crippen molar-refractivity contribution in [2.75, 3.05) is 13.2 Å². The minimum absolute atomic E-state index is 0.0112. The molecule has 0 saturated carbocycles. The van der Waals surface area contributed by atoms with Crippen molar-refractivity contribution in [2.24, 2.45) is 0 Å². The number of allylic oxidation sites excluding steroid dienone is 6. The van der Waals surface area contributed by atoms with Crippen LogP contribution in [0.25, 0.3) is 94.2 Å². The molecular weight excluding hydrogens is 1430 g/mol. The summed E-state index contributed by atoms with van der Waals surface area (Å²) in [5, 5.41) is 18.1. The zero-order valence-electron chi connectivity index (χ0n) is 64.0. The van der Waals surface area contributed by atoms with E-state index in [2.05, 4.69) is 99.8 Å². The lowest BCUT2D eigenvalue weighted by atomic mass is 9.70.